The summed E-state index contributed by atoms with van der Waals surface area (Å²) in [6.07, 6.45) is 10.5. The minimum Gasteiger partial charge on any atom is -0.484 e. The van der Waals surface area contributed by atoms with E-state index in [1.54, 1.807) is 0 Å². The van der Waals surface area contributed by atoms with Crippen molar-refractivity contribution in [3.63, 3.8) is 0 Å². The lowest BCUT2D eigenvalue weighted by Gasteiger charge is -2.22. The van der Waals surface area contributed by atoms with Gasteiger partial charge in [-0.1, -0.05) is 104 Å². The Morgan fingerprint density at radius 1 is 0.733 bits per heavy atom. The third kappa shape index (κ3) is 4.61. The maximum absolute atomic E-state index is 6.71. The Kier molecular flexibility index (Phi) is 6.57. The lowest BCUT2D eigenvalue weighted by molar-refractivity contribution is 0.222. The van der Waals surface area contributed by atoms with Crippen LogP contribution < -0.4 is 15.3 Å². The number of aromatic nitrogens is 4. The molecule has 1 aliphatic heterocycles. The van der Waals surface area contributed by atoms with Crippen LogP contribution in [0.2, 0.25) is 0 Å². The van der Waals surface area contributed by atoms with Gasteiger partial charge in [-0.3, -0.25) is 0 Å². The Bertz CT molecular complexity index is 2160. The van der Waals surface area contributed by atoms with Gasteiger partial charge in [-0.15, -0.1) is 0 Å². The van der Waals surface area contributed by atoms with Crippen molar-refractivity contribution in [1.82, 2.24) is 19.5 Å². The largest absolute Gasteiger partial charge is 0.484 e. The van der Waals surface area contributed by atoms with Gasteiger partial charge < -0.3 is 9.30 Å². The van der Waals surface area contributed by atoms with Crippen molar-refractivity contribution in [2.24, 2.45) is 0 Å². The SMILES string of the molecule is C=c1c2c(n(-c3ccccc3)/c1=C/C=C\C)C=CC1c3cc(-c4nc(-c5ccccc5)nc(-c5ccccc5)n4)ccc3OC21. The normalized spacial score (nSPS) is 16.8. The number of ether oxygens (including phenoxy) is 1. The van der Waals surface area contributed by atoms with Gasteiger partial charge in [0.15, 0.2) is 17.5 Å². The van der Waals surface area contributed by atoms with Crippen LogP contribution in [-0.2, 0) is 0 Å². The summed E-state index contributed by atoms with van der Waals surface area (Å²) in [5, 5.41) is 2.04. The third-order valence-corrected chi connectivity index (χ3v) is 8.51. The van der Waals surface area contributed by atoms with E-state index in [0.29, 0.717) is 17.5 Å². The number of fused-ring (bicyclic) bond motifs is 5. The zero-order chi connectivity index (χ0) is 30.3. The highest BCUT2D eigenvalue weighted by molar-refractivity contribution is 5.70. The first-order chi connectivity index (χ1) is 22.2. The molecule has 0 radical (unpaired) electrons. The number of para-hydroxylation sites is 1. The van der Waals surface area contributed by atoms with Gasteiger partial charge in [0, 0.05) is 44.6 Å². The summed E-state index contributed by atoms with van der Waals surface area (Å²) in [6, 6.07) is 36.8. The molecule has 2 atom stereocenters. The molecule has 2 unspecified atom stereocenters. The molecule has 5 heteroatoms. The van der Waals surface area contributed by atoms with Crippen molar-refractivity contribution in [2.75, 3.05) is 0 Å². The van der Waals surface area contributed by atoms with Gasteiger partial charge in [-0.25, -0.2) is 15.0 Å². The molecule has 216 valence electrons. The van der Waals surface area contributed by atoms with Gasteiger partial charge in [0.2, 0.25) is 0 Å². The molecule has 0 saturated heterocycles. The van der Waals surface area contributed by atoms with Crippen LogP contribution in [0.1, 0.15) is 35.8 Å². The number of rotatable bonds is 5. The van der Waals surface area contributed by atoms with Crippen LogP contribution in [0.4, 0.5) is 0 Å². The Balaban J connectivity index is 1.24. The molecule has 45 heavy (non-hydrogen) atoms. The number of nitrogens with zero attached hydrogens (tertiary/aromatic N) is 4. The number of allylic oxidation sites excluding steroid dienone is 2. The fraction of sp³-hybridized carbons (Fsp3) is 0.0750. The van der Waals surface area contributed by atoms with Crippen molar-refractivity contribution >= 4 is 18.7 Å². The van der Waals surface area contributed by atoms with E-state index in [2.05, 4.69) is 71.8 Å². The van der Waals surface area contributed by atoms with E-state index in [4.69, 9.17) is 19.7 Å². The second kappa shape index (κ2) is 11.0. The molecule has 3 heterocycles. The standard InChI is InChI=1S/C40H30N4O/c1-3-4-20-33-26(2)36-34(44(33)30-18-12-7-13-19-30)23-22-31-32-25-29(21-24-35(32)45-37(31)36)40-42-38(27-14-8-5-9-15-27)41-39(43-40)28-16-10-6-11-17-28/h3-25,31,37H,2H2,1H3/b4-3-,33-20+. The average Bonchev–Trinajstić information content (AvgIpc) is 3.62. The van der Waals surface area contributed by atoms with Gasteiger partial charge in [0.05, 0.1) is 11.0 Å². The lowest BCUT2D eigenvalue weighted by atomic mass is 9.85. The summed E-state index contributed by atoms with van der Waals surface area (Å²) in [5.74, 6) is 2.83. The smallest absolute Gasteiger partial charge is 0.164 e. The van der Waals surface area contributed by atoms with Gasteiger partial charge in [0.1, 0.15) is 11.9 Å². The van der Waals surface area contributed by atoms with Gasteiger partial charge in [-0.05, 0) is 49.4 Å². The second-order valence-electron chi connectivity index (χ2n) is 11.2. The van der Waals surface area contributed by atoms with E-state index in [9.17, 15) is 0 Å². The van der Waals surface area contributed by atoms with E-state index < -0.39 is 0 Å². The summed E-state index contributed by atoms with van der Waals surface area (Å²) < 4.78 is 9.00. The highest BCUT2D eigenvalue weighted by Crippen LogP contribution is 2.50. The van der Waals surface area contributed by atoms with Crippen molar-refractivity contribution < 1.29 is 4.74 Å². The maximum Gasteiger partial charge on any atom is 0.164 e. The third-order valence-electron chi connectivity index (χ3n) is 8.51. The molecule has 0 N–H and O–H groups in total. The Morgan fingerprint density at radius 3 is 1.96 bits per heavy atom. The van der Waals surface area contributed by atoms with Crippen molar-refractivity contribution in [1.29, 1.82) is 0 Å². The van der Waals surface area contributed by atoms with E-state index in [-0.39, 0.29) is 12.0 Å². The average molecular weight is 583 g/mol. The first kappa shape index (κ1) is 26.8. The zero-order valence-electron chi connectivity index (χ0n) is 24.8. The van der Waals surface area contributed by atoms with Crippen LogP contribution in [0, 0.1) is 0 Å². The van der Waals surface area contributed by atoms with E-state index in [1.165, 1.54) is 0 Å². The molecule has 0 amide bonds. The Hall–Kier alpha value is -5.81. The molecule has 5 nitrogen and oxygen atoms in total. The quantitative estimate of drug-likeness (QED) is 0.209. The van der Waals surface area contributed by atoms with E-state index in [1.807, 2.05) is 85.8 Å². The highest BCUT2D eigenvalue weighted by Gasteiger charge is 2.39. The van der Waals surface area contributed by atoms with E-state index >= 15 is 0 Å². The molecule has 0 spiro atoms. The molecule has 0 saturated carbocycles. The second-order valence-corrected chi connectivity index (χ2v) is 11.2. The predicted molar refractivity (Wildman–Crippen MR) is 181 cm³/mol. The van der Waals surface area contributed by atoms with Gasteiger partial charge in [0.25, 0.3) is 0 Å². The summed E-state index contributed by atoms with van der Waals surface area (Å²) in [5.41, 5.74) is 7.26. The van der Waals surface area contributed by atoms with Crippen LogP contribution in [0.15, 0.2) is 127 Å². The molecule has 2 aliphatic rings. The molecule has 2 aromatic heterocycles. The number of hydrogen-bond donors (Lipinski definition) is 0. The molecule has 1 aliphatic carbocycles. The minimum absolute atomic E-state index is 0.0400. The molecule has 8 rings (SSSR count). The summed E-state index contributed by atoms with van der Waals surface area (Å²) >= 11 is 0. The fourth-order valence-electron chi connectivity index (χ4n) is 6.38. The van der Waals surface area contributed by atoms with Crippen LogP contribution in [0.5, 0.6) is 5.75 Å². The maximum atomic E-state index is 6.71. The van der Waals surface area contributed by atoms with Crippen LogP contribution in [0.25, 0.3) is 58.6 Å². The molecular weight excluding hydrogens is 552 g/mol. The molecule has 4 aromatic carbocycles. The molecule has 6 aromatic rings. The summed E-state index contributed by atoms with van der Waals surface area (Å²) in [4.78, 5) is 14.8. The summed E-state index contributed by atoms with van der Waals surface area (Å²) in [6.45, 7) is 6.60. The number of benzene rings is 4. The van der Waals surface area contributed by atoms with Crippen LogP contribution >= 0.6 is 0 Å². The van der Waals surface area contributed by atoms with Crippen molar-refractivity contribution in [2.45, 2.75) is 18.9 Å². The lowest BCUT2D eigenvalue weighted by Crippen LogP contribution is -2.29. The number of hydrogen-bond acceptors (Lipinski definition) is 4. The summed E-state index contributed by atoms with van der Waals surface area (Å²) in [7, 11) is 0. The van der Waals surface area contributed by atoms with E-state index in [0.717, 1.165) is 55.5 Å². The van der Waals surface area contributed by atoms with Crippen molar-refractivity contribution in [3.8, 4) is 45.6 Å². The molecule has 0 fully saturated rings. The fourth-order valence-corrected chi connectivity index (χ4v) is 6.38. The Morgan fingerprint density at radius 2 is 1.33 bits per heavy atom. The zero-order valence-corrected chi connectivity index (χ0v) is 24.8. The highest BCUT2D eigenvalue weighted by atomic mass is 16.5. The van der Waals surface area contributed by atoms with Gasteiger partial charge in [-0.2, -0.15) is 0 Å². The first-order valence-corrected chi connectivity index (χ1v) is 15.2. The van der Waals surface area contributed by atoms with Gasteiger partial charge >= 0.3 is 0 Å². The monoisotopic (exact) mass is 582 g/mol. The Labute approximate surface area is 261 Å². The first-order valence-electron chi connectivity index (χ1n) is 15.2. The minimum atomic E-state index is -0.177. The van der Waals surface area contributed by atoms with Crippen molar-refractivity contribution in [3.05, 3.63) is 155 Å². The van der Waals surface area contributed by atoms with Crippen LogP contribution in [-0.4, -0.2) is 19.5 Å². The topological polar surface area (TPSA) is 52.8 Å². The molecular formula is C40H30N4O. The van der Waals surface area contributed by atoms with Crippen LogP contribution in [0.3, 0.4) is 0 Å². The molecule has 0 bridgehead atoms. The predicted octanol–water partition coefficient (Wildman–Crippen LogP) is 7.67.